The molecule has 4 N–H and O–H groups in total. The zero-order valence-electron chi connectivity index (χ0n) is 24.2. The lowest BCUT2D eigenvalue weighted by molar-refractivity contribution is -0.316. The smallest absolute Gasteiger partial charge is 0.407 e. The molecule has 0 aromatic rings. The predicted molar refractivity (Wildman–Crippen MR) is 136 cm³/mol. The van der Waals surface area contributed by atoms with Crippen molar-refractivity contribution in [2.45, 2.75) is 110 Å². The van der Waals surface area contributed by atoms with Crippen molar-refractivity contribution in [1.29, 1.82) is 0 Å². The fourth-order valence-electron chi connectivity index (χ4n) is 3.71. The number of nitrogens with one attached hydrogen (secondary N) is 1. The number of amides is 1. The van der Waals surface area contributed by atoms with Crippen molar-refractivity contribution in [3.63, 3.8) is 0 Å². The normalized spacial score (nSPS) is 23.8. The quantitative estimate of drug-likeness (QED) is 0.191. The number of hydrogen-bond acceptors (Lipinski definition) is 14. The van der Waals surface area contributed by atoms with Gasteiger partial charge in [-0.3, -0.25) is 24.0 Å². The number of carboxylic acid groups (broad SMARTS) is 1. The summed E-state index contributed by atoms with van der Waals surface area (Å²) in [6, 6.07) is -1.27. The number of ether oxygens (including phenoxy) is 7. The monoisotopic (exact) mass is 592 g/mol. The maximum Gasteiger partial charge on any atom is 0.407 e. The molecule has 234 valence electrons. The molecule has 1 saturated heterocycles. The molecule has 7 atom stereocenters. The highest BCUT2D eigenvalue weighted by Gasteiger charge is 2.53. The van der Waals surface area contributed by atoms with Crippen molar-refractivity contribution in [1.82, 2.24) is 5.32 Å². The number of nitrogens with two attached hydrogens (primary N) is 1. The lowest BCUT2D eigenvalue weighted by Gasteiger charge is -2.44. The summed E-state index contributed by atoms with van der Waals surface area (Å²) in [6.45, 7) is 8.63. The number of alkyl carbamates (subject to hydrolysis) is 1. The topological polar surface area (TPSA) is 225 Å². The van der Waals surface area contributed by atoms with Crippen LogP contribution >= 0.6 is 0 Å². The molecule has 41 heavy (non-hydrogen) atoms. The fraction of sp³-hybridized carbons (Fsp3) is 0.760. The summed E-state index contributed by atoms with van der Waals surface area (Å²) in [5, 5.41) is 11.7. The Kier molecular flexibility index (Phi) is 13.9. The molecule has 0 spiro atoms. The fourth-order valence-corrected chi connectivity index (χ4v) is 3.71. The zero-order chi connectivity index (χ0) is 31.5. The average Bonchev–Trinajstić information content (AvgIpc) is 2.80. The number of aliphatic carboxylic acids is 1. The van der Waals surface area contributed by atoms with E-state index in [4.69, 9.17) is 38.9 Å². The molecule has 1 heterocycles. The first kappa shape index (κ1) is 35.5. The third-order valence-electron chi connectivity index (χ3n) is 5.26. The van der Waals surface area contributed by atoms with E-state index in [-0.39, 0.29) is 19.4 Å². The molecule has 1 aliphatic heterocycles. The maximum atomic E-state index is 12.3. The molecule has 0 radical (unpaired) electrons. The highest BCUT2D eigenvalue weighted by molar-refractivity contribution is 5.73. The minimum atomic E-state index is -1.54. The van der Waals surface area contributed by atoms with Crippen LogP contribution in [-0.4, -0.2) is 103 Å². The molecule has 0 aromatic carbocycles. The van der Waals surface area contributed by atoms with E-state index < -0.39 is 91.0 Å². The second-order valence-electron chi connectivity index (χ2n) is 10.2. The number of carbonyl (C=O) groups excluding carboxylic acids is 5. The van der Waals surface area contributed by atoms with Gasteiger partial charge in [0.1, 0.15) is 24.4 Å². The summed E-state index contributed by atoms with van der Waals surface area (Å²) in [6.07, 6.45) is -9.10. The van der Waals surface area contributed by atoms with Gasteiger partial charge in [-0.1, -0.05) is 0 Å². The van der Waals surface area contributed by atoms with Crippen LogP contribution in [0.4, 0.5) is 4.79 Å². The molecule has 1 unspecified atom stereocenters. The lowest BCUT2D eigenvalue weighted by Crippen LogP contribution is -2.63. The number of rotatable bonds is 13. The summed E-state index contributed by atoms with van der Waals surface area (Å²) < 4.78 is 38.2. The van der Waals surface area contributed by atoms with Crippen LogP contribution in [0.5, 0.6) is 0 Å². The number of esters is 4. The largest absolute Gasteiger partial charge is 0.480 e. The molecule has 16 heteroatoms. The van der Waals surface area contributed by atoms with E-state index in [0.29, 0.717) is 0 Å². The molecular formula is C25H40N2O14. The van der Waals surface area contributed by atoms with E-state index in [1.54, 1.807) is 20.8 Å². The molecule has 0 aromatic heterocycles. The number of carbonyl (C=O) groups is 6. The highest BCUT2D eigenvalue weighted by Crippen LogP contribution is 2.31. The van der Waals surface area contributed by atoms with Gasteiger partial charge < -0.3 is 49.3 Å². The van der Waals surface area contributed by atoms with Crippen LogP contribution in [-0.2, 0) is 57.1 Å². The van der Waals surface area contributed by atoms with E-state index in [2.05, 4.69) is 5.32 Å². The molecular weight excluding hydrogens is 552 g/mol. The van der Waals surface area contributed by atoms with Crippen LogP contribution in [0.2, 0.25) is 0 Å². The van der Waals surface area contributed by atoms with Gasteiger partial charge in [-0.25, -0.2) is 4.79 Å². The second-order valence-corrected chi connectivity index (χ2v) is 10.2. The van der Waals surface area contributed by atoms with Crippen LogP contribution in [0.15, 0.2) is 0 Å². The summed E-state index contributed by atoms with van der Waals surface area (Å²) in [5.41, 5.74) is 4.83. The van der Waals surface area contributed by atoms with E-state index in [1.807, 2.05) is 0 Å². The molecule has 1 fully saturated rings. The number of carboxylic acids is 1. The molecule has 16 nitrogen and oxygen atoms in total. The highest BCUT2D eigenvalue weighted by atomic mass is 16.7. The average molecular weight is 593 g/mol. The van der Waals surface area contributed by atoms with Crippen molar-refractivity contribution < 1.29 is 67.0 Å². The van der Waals surface area contributed by atoms with E-state index >= 15 is 0 Å². The SMILES string of the molecule is CC(=O)OC[C@H]1O[C@@H](OC(CC[C@H](N)C(=O)O)CNC(=O)OC(C)(C)C)[C@H](OC(C)=O)[C@@H](OC(C)=O)[C@H]1OC(C)=O. The maximum absolute atomic E-state index is 12.3. The Morgan fingerprint density at radius 1 is 0.854 bits per heavy atom. The zero-order valence-corrected chi connectivity index (χ0v) is 24.2. The third kappa shape index (κ3) is 13.6. The van der Waals surface area contributed by atoms with E-state index in [9.17, 15) is 33.9 Å². The first-order valence-corrected chi connectivity index (χ1v) is 12.8. The second kappa shape index (κ2) is 16.1. The predicted octanol–water partition coefficient (Wildman–Crippen LogP) is 0.172. The summed E-state index contributed by atoms with van der Waals surface area (Å²) >= 11 is 0. The summed E-state index contributed by atoms with van der Waals surface area (Å²) in [5.74, 6) is -4.42. The first-order chi connectivity index (χ1) is 18.9. The molecule has 0 bridgehead atoms. The lowest BCUT2D eigenvalue weighted by atomic mass is 9.98. The van der Waals surface area contributed by atoms with E-state index in [1.165, 1.54) is 0 Å². The van der Waals surface area contributed by atoms with E-state index in [0.717, 1.165) is 27.7 Å². The Labute approximate surface area is 237 Å². The van der Waals surface area contributed by atoms with Crippen molar-refractivity contribution in [2.75, 3.05) is 13.2 Å². The minimum Gasteiger partial charge on any atom is -0.480 e. The van der Waals surface area contributed by atoms with Gasteiger partial charge in [0.25, 0.3) is 0 Å². The van der Waals surface area contributed by atoms with Gasteiger partial charge in [-0.15, -0.1) is 0 Å². The Hall–Kier alpha value is -3.50. The van der Waals surface area contributed by atoms with Crippen molar-refractivity contribution in [2.24, 2.45) is 5.73 Å². The Morgan fingerprint density at radius 2 is 1.39 bits per heavy atom. The van der Waals surface area contributed by atoms with Crippen LogP contribution in [0.1, 0.15) is 61.3 Å². The van der Waals surface area contributed by atoms with Gasteiger partial charge in [-0.2, -0.15) is 0 Å². The Balaban J connectivity index is 3.41. The van der Waals surface area contributed by atoms with Crippen LogP contribution in [0.3, 0.4) is 0 Å². The molecule has 1 rings (SSSR count). The Bertz CT molecular complexity index is 949. The standard InChI is InChI=1S/C25H40N2O14/c1-12(28)35-11-18-19(36-13(2)29)20(37-14(3)30)21(38-15(4)31)23(40-18)39-16(8-9-17(26)22(32)33)10-27-24(34)41-25(5,6)7/h16-21,23H,8-11,26H2,1-7H3,(H,27,34)(H,32,33)/t16?,17-,18+,19-,20-,21+,23+/m0/s1. The summed E-state index contributed by atoms with van der Waals surface area (Å²) in [4.78, 5) is 71.0. The van der Waals surface area contributed by atoms with Crippen molar-refractivity contribution >= 4 is 35.9 Å². The van der Waals surface area contributed by atoms with Crippen LogP contribution < -0.4 is 11.1 Å². The Morgan fingerprint density at radius 3 is 1.88 bits per heavy atom. The first-order valence-electron chi connectivity index (χ1n) is 12.8. The third-order valence-corrected chi connectivity index (χ3v) is 5.26. The van der Waals surface area contributed by atoms with Crippen molar-refractivity contribution in [3.8, 4) is 0 Å². The molecule has 0 saturated carbocycles. The van der Waals surface area contributed by atoms with Gasteiger partial charge in [-0.05, 0) is 33.6 Å². The van der Waals surface area contributed by atoms with Gasteiger partial charge >= 0.3 is 35.9 Å². The number of hydrogen-bond donors (Lipinski definition) is 3. The van der Waals surface area contributed by atoms with Gasteiger partial charge in [0.05, 0.1) is 6.10 Å². The minimum absolute atomic E-state index is 0.0316. The molecule has 0 aliphatic carbocycles. The molecule has 1 amide bonds. The van der Waals surface area contributed by atoms with Gasteiger partial charge in [0.2, 0.25) is 0 Å². The summed E-state index contributed by atoms with van der Waals surface area (Å²) in [7, 11) is 0. The van der Waals surface area contributed by atoms with Gasteiger partial charge in [0, 0.05) is 34.2 Å². The van der Waals surface area contributed by atoms with Crippen LogP contribution in [0, 0.1) is 0 Å². The van der Waals surface area contributed by atoms with Crippen molar-refractivity contribution in [3.05, 3.63) is 0 Å². The molecule has 1 aliphatic rings. The van der Waals surface area contributed by atoms with Gasteiger partial charge in [0.15, 0.2) is 24.6 Å². The van der Waals surface area contributed by atoms with Crippen LogP contribution in [0.25, 0.3) is 0 Å².